The smallest absolute Gasteiger partial charge is 0.240 e. The molecule has 0 bridgehead atoms. The maximum Gasteiger partial charge on any atom is 0.240 e. The van der Waals surface area contributed by atoms with Crippen LogP contribution in [-0.2, 0) is 19.5 Å². The molecule has 1 atom stereocenters. The molecule has 0 aliphatic carbocycles. The molecule has 1 aliphatic heterocycles. The highest BCUT2D eigenvalue weighted by molar-refractivity contribution is 5.85. The normalized spacial score (nSPS) is 17.2. The number of nitrogens with one attached hydrogen (secondary N) is 1. The van der Waals surface area contributed by atoms with Crippen LogP contribution >= 0.6 is 12.4 Å². The van der Waals surface area contributed by atoms with Gasteiger partial charge >= 0.3 is 0 Å². The minimum Gasteiger partial charge on any atom is -0.338 e. The maximum absolute atomic E-state index is 5.39. The van der Waals surface area contributed by atoms with Crippen LogP contribution in [0, 0.1) is 0 Å². The molecule has 6 nitrogen and oxygen atoms in total. The van der Waals surface area contributed by atoms with E-state index in [4.69, 9.17) is 4.52 Å². The lowest BCUT2D eigenvalue weighted by Gasteiger charge is -2.33. The number of hydrogen-bond acceptors (Lipinski definition) is 6. The van der Waals surface area contributed by atoms with Crippen LogP contribution in [0.4, 0.5) is 0 Å². The number of halogens is 1. The molecule has 7 heteroatoms. The average molecular weight is 366 g/mol. The van der Waals surface area contributed by atoms with Crippen molar-refractivity contribution in [2.24, 2.45) is 0 Å². The Bertz CT molecular complexity index is 613. The Morgan fingerprint density at radius 1 is 1.08 bits per heavy atom. The summed E-state index contributed by atoms with van der Waals surface area (Å²) in [5.41, 5.74) is 1.38. The molecule has 138 valence electrons. The van der Waals surface area contributed by atoms with Gasteiger partial charge < -0.3 is 9.84 Å². The molecule has 2 aromatic rings. The summed E-state index contributed by atoms with van der Waals surface area (Å²) < 4.78 is 5.39. The van der Waals surface area contributed by atoms with E-state index < -0.39 is 0 Å². The summed E-state index contributed by atoms with van der Waals surface area (Å²) in [5, 5.41) is 7.27. The van der Waals surface area contributed by atoms with E-state index >= 15 is 0 Å². The SMILES string of the molecule is CNC(C)Cc1noc(CN2CCN(Cc3ccccc3)CC2)n1.Cl. The van der Waals surface area contributed by atoms with E-state index in [0.717, 1.165) is 57.4 Å². The van der Waals surface area contributed by atoms with Crippen LogP contribution in [-0.4, -0.2) is 59.2 Å². The van der Waals surface area contributed by atoms with Gasteiger partial charge in [-0.1, -0.05) is 35.5 Å². The Balaban J connectivity index is 0.00000225. The third-order valence-electron chi connectivity index (χ3n) is 4.56. The molecule has 3 rings (SSSR count). The average Bonchev–Trinajstić information content (AvgIpc) is 3.04. The van der Waals surface area contributed by atoms with Crippen LogP contribution in [0.15, 0.2) is 34.9 Å². The predicted molar refractivity (Wildman–Crippen MR) is 101 cm³/mol. The third-order valence-corrected chi connectivity index (χ3v) is 4.56. The van der Waals surface area contributed by atoms with Gasteiger partial charge in [-0.2, -0.15) is 4.98 Å². The lowest BCUT2D eigenvalue weighted by atomic mass is 10.2. The molecule has 1 aromatic heterocycles. The molecule has 1 fully saturated rings. The zero-order chi connectivity index (χ0) is 16.8. The van der Waals surface area contributed by atoms with Gasteiger partial charge in [-0.25, -0.2) is 0 Å². The highest BCUT2D eigenvalue weighted by Crippen LogP contribution is 2.11. The number of nitrogens with zero attached hydrogens (tertiary/aromatic N) is 4. The highest BCUT2D eigenvalue weighted by atomic mass is 35.5. The minimum absolute atomic E-state index is 0. The van der Waals surface area contributed by atoms with Gasteiger partial charge in [0.15, 0.2) is 5.82 Å². The van der Waals surface area contributed by atoms with Crippen LogP contribution < -0.4 is 5.32 Å². The fraction of sp³-hybridized carbons (Fsp3) is 0.556. The molecular formula is C18H28ClN5O. The van der Waals surface area contributed by atoms with Crippen molar-refractivity contribution in [1.29, 1.82) is 0 Å². The van der Waals surface area contributed by atoms with Gasteiger partial charge in [0.05, 0.1) is 6.54 Å². The lowest BCUT2D eigenvalue weighted by Crippen LogP contribution is -2.45. The molecule has 1 N–H and O–H groups in total. The van der Waals surface area contributed by atoms with E-state index in [-0.39, 0.29) is 12.4 Å². The zero-order valence-electron chi connectivity index (χ0n) is 15.0. The molecule has 1 saturated heterocycles. The largest absolute Gasteiger partial charge is 0.338 e. The van der Waals surface area contributed by atoms with E-state index in [1.165, 1.54) is 5.56 Å². The van der Waals surface area contributed by atoms with Gasteiger partial charge in [-0.3, -0.25) is 9.80 Å². The quantitative estimate of drug-likeness (QED) is 0.809. The first-order valence-corrected chi connectivity index (χ1v) is 8.70. The molecule has 1 aromatic carbocycles. The van der Waals surface area contributed by atoms with Crippen molar-refractivity contribution in [3.8, 4) is 0 Å². The first kappa shape index (κ1) is 19.8. The number of rotatable bonds is 7. The van der Waals surface area contributed by atoms with Gasteiger partial charge in [0.25, 0.3) is 0 Å². The van der Waals surface area contributed by atoms with Gasteiger partial charge in [0.2, 0.25) is 5.89 Å². The van der Waals surface area contributed by atoms with Crippen molar-refractivity contribution < 1.29 is 4.52 Å². The zero-order valence-corrected chi connectivity index (χ0v) is 15.8. The number of benzene rings is 1. The van der Waals surface area contributed by atoms with Gasteiger partial charge in [-0.05, 0) is 19.5 Å². The Labute approximate surface area is 156 Å². The first-order chi connectivity index (χ1) is 11.7. The first-order valence-electron chi connectivity index (χ1n) is 8.70. The second-order valence-electron chi connectivity index (χ2n) is 6.54. The number of hydrogen-bond donors (Lipinski definition) is 1. The summed E-state index contributed by atoms with van der Waals surface area (Å²) in [5.74, 6) is 1.51. The van der Waals surface area contributed by atoms with Gasteiger partial charge in [-0.15, -0.1) is 12.4 Å². The monoisotopic (exact) mass is 365 g/mol. The maximum atomic E-state index is 5.39. The molecule has 1 unspecified atom stereocenters. The Morgan fingerprint density at radius 2 is 1.72 bits per heavy atom. The second kappa shape index (κ2) is 9.87. The Morgan fingerprint density at radius 3 is 2.36 bits per heavy atom. The van der Waals surface area contributed by atoms with Crippen LogP contribution in [0.2, 0.25) is 0 Å². The summed E-state index contributed by atoms with van der Waals surface area (Å²) >= 11 is 0. The van der Waals surface area contributed by atoms with Crippen molar-refractivity contribution in [3.05, 3.63) is 47.6 Å². The van der Waals surface area contributed by atoms with E-state index in [9.17, 15) is 0 Å². The Hall–Kier alpha value is -1.47. The molecule has 25 heavy (non-hydrogen) atoms. The summed E-state index contributed by atoms with van der Waals surface area (Å²) in [4.78, 5) is 9.39. The standard InChI is InChI=1S/C18H27N5O.ClH/c1-15(19-2)12-17-20-18(24-21-17)14-23-10-8-22(9-11-23)13-16-6-4-3-5-7-16;/h3-7,15,19H,8-14H2,1-2H3;1H. The van der Waals surface area contributed by atoms with Crippen LogP contribution in [0.5, 0.6) is 0 Å². The number of piperazine rings is 1. The van der Waals surface area contributed by atoms with E-state index in [1.54, 1.807) is 0 Å². The van der Waals surface area contributed by atoms with Crippen LogP contribution in [0.1, 0.15) is 24.2 Å². The molecule has 0 amide bonds. The molecule has 0 saturated carbocycles. The minimum atomic E-state index is 0. The summed E-state index contributed by atoms with van der Waals surface area (Å²) in [6, 6.07) is 11.0. The topological polar surface area (TPSA) is 57.4 Å². The van der Waals surface area contributed by atoms with Crippen LogP contribution in [0.3, 0.4) is 0 Å². The van der Waals surface area contributed by atoms with Gasteiger partial charge in [0, 0.05) is 45.2 Å². The lowest BCUT2D eigenvalue weighted by molar-refractivity contribution is 0.112. The number of aromatic nitrogens is 2. The van der Waals surface area contributed by atoms with E-state index in [1.807, 2.05) is 7.05 Å². The predicted octanol–water partition coefficient (Wildman–Crippen LogP) is 1.96. The van der Waals surface area contributed by atoms with Crippen molar-refractivity contribution >= 4 is 12.4 Å². The molecule has 0 spiro atoms. The highest BCUT2D eigenvalue weighted by Gasteiger charge is 2.19. The molecule has 0 radical (unpaired) electrons. The van der Waals surface area contributed by atoms with Crippen LogP contribution in [0.25, 0.3) is 0 Å². The number of likely N-dealkylation sites (N-methyl/N-ethyl adjacent to an activating group) is 1. The fourth-order valence-corrected chi connectivity index (χ4v) is 2.95. The van der Waals surface area contributed by atoms with Crippen molar-refractivity contribution in [3.63, 3.8) is 0 Å². The van der Waals surface area contributed by atoms with E-state index in [2.05, 4.69) is 62.5 Å². The van der Waals surface area contributed by atoms with Crippen molar-refractivity contribution in [1.82, 2.24) is 25.3 Å². The summed E-state index contributed by atoms with van der Waals surface area (Å²) in [6.45, 7) is 8.12. The fourth-order valence-electron chi connectivity index (χ4n) is 2.95. The second-order valence-corrected chi connectivity index (χ2v) is 6.54. The van der Waals surface area contributed by atoms with Crippen molar-refractivity contribution in [2.45, 2.75) is 32.5 Å². The third kappa shape index (κ3) is 6.08. The summed E-state index contributed by atoms with van der Waals surface area (Å²) in [6.07, 6.45) is 0.796. The molecular weight excluding hydrogens is 338 g/mol. The Kier molecular flexibility index (Phi) is 7.84. The molecule has 1 aliphatic rings. The van der Waals surface area contributed by atoms with Crippen molar-refractivity contribution in [2.75, 3.05) is 33.2 Å². The summed E-state index contributed by atoms with van der Waals surface area (Å²) in [7, 11) is 1.95. The molecule has 2 heterocycles. The van der Waals surface area contributed by atoms with Gasteiger partial charge in [0.1, 0.15) is 0 Å². The van der Waals surface area contributed by atoms with E-state index in [0.29, 0.717) is 6.04 Å².